The van der Waals surface area contributed by atoms with E-state index < -0.39 is 11.4 Å². The van der Waals surface area contributed by atoms with Crippen molar-refractivity contribution in [1.29, 1.82) is 0 Å². The highest BCUT2D eigenvalue weighted by Gasteiger charge is 2.46. The van der Waals surface area contributed by atoms with Gasteiger partial charge in [-0.2, -0.15) is 0 Å². The first-order valence-electron chi connectivity index (χ1n) is 5.75. The molecule has 0 unspecified atom stereocenters. The molecule has 0 aromatic heterocycles. The van der Waals surface area contributed by atoms with Gasteiger partial charge >= 0.3 is 5.97 Å². The van der Waals surface area contributed by atoms with Crippen LogP contribution < -0.4 is 4.74 Å². The smallest absolute Gasteiger partial charge is 0.314 e. The van der Waals surface area contributed by atoms with Gasteiger partial charge in [0.2, 0.25) is 0 Å². The summed E-state index contributed by atoms with van der Waals surface area (Å²) in [5.74, 6) is 0.170. The number of carbonyl (C=O) groups is 1. The minimum Gasteiger partial charge on any atom is -0.493 e. The summed E-state index contributed by atoms with van der Waals surface area (Å²) >= 11 is 0. The third-order valence-electron chi connectivity index (χ3n) is 3.51. The van der Waals surface area contributed by atoms with E-state index >= 15 is 0 Å². The third-order valence-corrected chi connectivity index (χ3v) is 3.51. The average Bonchev–Trinajstić information content (AvgIpc) is 2.69. The normalized spacial score (nSPS) is 20.2. The minimum atomic E-state index is -0.763. The quantitative estimate of drug-likeness (QED) is 0.855. The van der Waals surface area contributed by atoms with Crippen LogP contribution >= 0.6 is 0 Å². The molecule has 4 nitrogen and oxygen atoms in total. The Kier molecular flexibility index (Phi) is 2.33. The summed E-state index contributed by atoms with van der Waals surface area (Å²) in [6, 6.07) is 5.95. The molecule has 1 aromatic carbocycles. The van der Waals surface area contributed by atoms with E-state index in [-0.39, 0.29) is 0 Å². The molecule has 0 atom stereocenters. The number of carboxylic acids is 1. The molecule has 0 spiro atoms. The molecule has 0 radical (unpaired) electrons. The fraction of sp³-hybridized carbons (Fsp3) is 0.462. The lowest BCUT2D eigenvalue weighted by molar-refractivity contribution is -0.179. The number of benzene rings is 1. The molecule has 1 aromatic rings. The zero-order valence-corrected chi connectivity index (χ0v) is 9.44. The van der Waals surface area contributed by atoms with Crippen molar-refractivity contribution in [3.05, 3.63) is 29.3 Å². The fourth-order valence-electron chi connectivity index (χ4n) is 2.39. The van der Waals surface area contributed by atoms with E-state index in [0.29, 0.717) is 19.6 Å². The van der Waals surface area contributed by atoms with E-state index in [0.717, 1.165) is 24.3 Å². The molecule has 2 heterocycles. The van der Waals surface area contributed by atoms with Crippen LogP contribution in [0.25, 0.3) is 0 Å². The monoisotopic (exact) mass is 234 g/mol. The van der Waals surface area contributed by atoms with E-state index in [1.54, 1.807) is 0 Å². The van der Waals surface area contributed by atoms with E-state index in [9.17, 15) is 9.90 Å². The maximum absolute atomic E-state index is 11.2. The van der Waals surface area contributed by atoms with Crippen LogP contribution in [0.1, 0.15) is 11.1 Å². The summed E-state index contributed by atoms with van der Waals surface area (Å²) in [4.78, 5) is 11.2. The molecule has 1 saturated heterocycles. The summed E-state index contributed by atoms with van der Waals surface area (Å²) in [5, 5.41) is 9.23. The zero-order valence-electron chi connectivity index (χ0n) is 9.44. The first-order chi connectivity index (χ1) is 8.20. The molecule has 1 fully saturated rings. The van der Waals surface area contributed by atoms with Crippen LogP contribution in [-0.2, 0) is 22.4 Å². The number of ether oxygens (including phenoxy) is 2. The molecule has 90 valence electrons. The second-order valence-corrected chi connectivity index (χ2v) is 4.80. The number of aliphatic carboxylic acids is 1. The third kappa shape index (κ3) is 1.69. The van der Waals surface area contributed by atoms with Gasteiger partial charge in [-0.1, -0.05) is 12.1 Å². The van der Waals surface area contributed by atoms with Gasteiger partial charge in [0.1, 0.15) is 11.2 Å². The number of rotatable bonds is 3. The first kappa shape index (κ1) is 10.6. The summed E-state index contributed by atoms with van der Waals surface area (Å²) < 4.78 is 10.5. The molecular formula is C13H14O4. The summed E-state index contributed by atoms with van der Waals surface area (Å²) in [5.41, 5.74) is 1.52. The number of fused-ring (bicyclic) bond motifs is 1. The van der Waals surface area contributed by atoms with E-state index in [2.05, 4.69) is 6.07 Å². The van der Waals surface area contributed by atoms with E-state index in [4.69, 9.17) is 9.47 Å². The van der Waals surface area contributed by atoms with Crippen molar-refractivity contribution >= 4 is 5.97 Å². The average molecular weight is 234 g/mol. The Labute approximate surface area is 99.2 Å². The van der Waals surface area contributed by atoms with Crippen LogP contribution in [0.2, 0.25) is 0 Å². The largest absolute Gasteiger partial charge is 0.493 e. The maximum atomic E-state index is 11.2. The highest BCUT2D eigenvalue weighted by Crippen LogP contribution is 2.34. The van der Waals surface area contributed by atoms with Crippen LogP contribution in [0.3, 0.4) is 0 Å². The SMILES string of the molecule is O=C(O)C1(Cc2ccc3c(c2)CCO3)COC1. The lowest BCUT2D eigenvalue weighted by Crippen LogP contribution is -2.50. The van der Waals surface area contributed by atoms with Crippen molar-refractivity contribution in [2.45, 2.75) is 12.8 Å². The molecule has 2 aliphatic heterocycles. The van der Waals surface area contributed by atoms with Gasteiger partial charge in [-0.15, -0.1) is 0 Å². The highest BCUT2D eigenvalue weighted by atomic mass is 16.5. The van der Waals surface area contributed by atoms with Gasteiger partial charge in [0, 0.05) is 6.42 Å². The Balaban J connectivity index is 1.83. The Hall–Kier alpha value is -1.55. The molecule has 0 aliphatic carbocycles. The van der Waals surface area contributed by atoms with E-state index in [1.165, 1.54) is 5.56 Å². The fourth-order valence-corrected chi connectivity index (χ4v) is 2.39. The number of hydrogen-bond acceptors (Lipinski definition) is 3. The first-order valence-corrected chi connectivity index (χ1v) is 5.75. The standard InChI is InChI=1S/C13H14O4/c14-12(15)13(7-16-8-13)6-9-1-2-11-10(5-9)3-4-17-11/h1-2,5H,3-4,6-8H2,(H,14,15). The molecular weight excluding hydrogens is 220 g/mol. The van der Waals surface area contributed by atoms with Gasteiger partial charge < -0.3 is 14.6 Å². The van der Waals surface area contributed by atoms with Gasteiger partial charge in [0.05, 0.1) is 19.8 Å². The van der Waals surface area contributed by atoms with Crippen LogP contribution in [0.4, 0.5) is 0 Å². The Morgan fingerprint density at radius 1 is 1.41 bits per heavy atom. The topological polar surface area (TPSA) is 55.8 Å². The molecule has 1 N–H and O–H groups in total. The number of hydrogen-bond donors (Lipinski definition) is 1. The van der Waals surface area contributed by atoms with Crippen LogP contribution in [0.5, 0.6) is 5.75 Å². The van der Waals surface area contributed by atoms with Crippen LogP contribution in [0, 0.1) is 5.41 Å². The van der Waals surface area contributed by atoms with Crippen molar-refractivity contribution in [2.24, 2.45) is 5.41 Å². The Bertz CT molecular complexity index is 462. The van der Waals surface area contributed by atoms with Crippen LogP contribution in [-0.4, -0.2) is 30.9 Å². The predicted molar refractivity (Wildman–Crippen MR) is 60.2 cm³/mol. The highest BCUT2D eigenvalue weighted by molar-refractivity contribution is 5.76. The zero-order chi connectivity index (χ0) is 11.9. The minimum absolute atomic E-state index is 0.315. The number of carboxylic acid groups (broad SMARTS) is 1. The summed E-state index contributed by atoms with van der Waals surface area (Å²) in [7, 11) is 0. The molecule has 0 saturated carbocycles. The summed E-state index contributed by atoms with van der Waals surface area (Å²) in [6.45, 7) is 1.36. The molecule has 2 aliphatic rings. The Morgan fingerprint density at radius 2 is 2.24 bits per heavy atom. The molecule has 17 heavy (non-hydrogen) atoms. The van der Waals surface area contributed by atoms with Gasteiger partial charge in [-0.05, 0) is 23.6 Å². The maximum Gasteiger partial charge on any atom is 0.314 e. The Morgan fingerprint density at radius 3 is 2.88 bits per heavy atom. The second kappa shape index (κ2) is 3.74. The van der Waals surface area contributed by atoms with Crippen molar-refractivity contribution in [3.8, 4) is 5.75 Å². The van der Waals surface area contributed by atoms with Gasteiger partial charge in [0.25, 0.3) is 0 Å². The van der Waals surface area contributed by atoms with Gasteiger partial charge in [0.15, 0.2) is 0 Å². The van der Waals surface area contributed by atoms with Crippen molar-refractivity contribution in [2.75, 3.05) is 19.8 Å². The predicted octanol–water partition coefficient (Wildman–Crippen LogP) is 1.27. The molecule has 0 bridgehead atoms. The van der Waals surface area contributed by atoms with Crippen LogP contribution in [0.15, 0.2) is 18.2 Å². The van der Waals surface area contributed by atoms with E-state index in [1.807, 2.05) is 12.1 Å². The summed E-state index contributed by atoms with van der Waals surface area (Å²) in [6.07, 6.45) is 1.45. The van der Waals surface area contributed by atoms with Crippen molar-refractivity contribution in [3.63, 3.8) is 0 Å². The van der Waals surface area contributed by atoms with Crippen molar-refractivity contribution < 1.29 is 19.4 Å². The lowest BCUT2D eigenvalue weighted by Gasteiger charge is -2.37. The second-order valence-electron chi connectivity index (χ2n) is 4.80. The molecule has 0 amide bonds. The van der Waals surface area contributed by atoms with Gasteiger partial charge in [-0.25, -0.2) is 0 Å². The molecule has 3 rings (SSSR count). The molecule has 4 heteroatoms. The van der Waals surface area contributed by atoms with Gasteiger partial charge in [-0.3, -0.25) is 4.79 Å². The van der Waals surface area contributed by atoms with Crippen molar-refractivity contribution in [1.82, 2.24) is 0 Å². The lowest BCUT2D eigenvalue weighted by atomic mass is 9.79.